The first-order valence-corrected chi connectivity index (χ1v) is 9.01. The lowest BCUT2D eigenvalue weighted by Gasteiger charge is -2.28. The molecule has 2 aromatic carbocycles. The second-order valence-corrected chi connectivity index (χ2v) is 6.95. The van der Waals surface area contributed by atoms with Gasteiger partial charge in [-0.15, -0.1) is 0 Å². The van der Waals surface area contributed by atoms with Gasteiger partial charge < -0.3 is 4.90 Å². The number of hydrogen-bond donors (Lipinski definition) is 0. The van der Waals surface area contributed by atoms with Crippen LogP contribution in [0.4, 0.5) is 8.78 Å². The summed E-state index contributed by atoms with van der Waals surface area (Å²) in [5, 5.41) is 0. The van der Waals surface area contributed by atoms with Crippen LogP contribution in [0.15, 0.2) is 36.4 Å². The van der Waals surface area contributed by atoms with Crippen LogP contribution in [0.2, 0.25) is 0 Å². The summed E-state index contributed by atoms with van der Waals surface area (Å²) in [7, 11) is 2.16. The molecule has 0 atom stereocenters. The first-order valence-electron chi connectivity index (χ1n) is 9.01. The molecule has 5 heteroatoms. The van der Waals surface area contributed by atoms with E-state index in [4.69, 9.17) is 0 Å². The van der Waals surface area contributed by atoms with Crippen molar-refractivity contribution in [3.8, 4) is 11.1 Å². The molecule has 0 saturated carbocycles. The molecule has 138 valence electrons. The molecule has 26 heavy (non-hydrogen) atoms. The van der Waals surface area contributed by atoms with Gasteiger partial charge in [0.15, 0.2) is 6.29 Å². The highest BCUT2D eigenvalue weighted by molar-refractivity contribution is 5.78. The van der Waals surface area contributed by atoms with E-state index in [-0.39, 0.29) is 6.29 Å². The summed E-state index contributed by atoms with van der Waals surface area (Å²) in [6.45, 7) is 5.25. The summed E-state index contributed by atoms with van der Waals surface area (Å²) in [6.07, 6.45) is 2.63. The molecule has 0 radical (unpaired) electrons. The molecule has 1 aliphatic rings. The number of carbonyl (C=O) groups excluding carboxylic acids is 1. The van der Waals surface area contributed by atoms with Crippen molar-refractivity contribution in [1.82, 2.24) is 9.80 Å². The number of rotatable bonds is 4. The first-order chi connectivity index (χ1) is 12.6. The monoisotopic (exact) mass is 358 g/mol. The Morgan fingerprint density at radius 2 is 1.58 bits per heavy atom. The van der Waals surface area contributed by atoms with Gasteiger partial charge in [0.2, 0.25) is 0 Å². The Labute approximate surface area is 153 Å². The van der Waals surface area contributed by atoms with Crippen molar-refractivity contribution in [2.24, 2.45) is 0 Å². The zero-order valence-electron chi connectivity index (χ0n) is 15.0. The van der Waals surface area contributed by atoms with Gasteiger partial charge in [0, 0.05) is 19.6 Å². The molecule has 0 aromatic heterocycles. The largest absolute Gasteiger partial charge is 0.305 e. The SMILES string of the molecule is CN1CCCCN(Cc2ccc(-c3cc(F)c(C=O)c(F)c3)cc2)CC1. The molecule has 2 aromatic rings. The zero-order valence-corrected chi connectivity index (χ0v) is 15.0. The summed E-state index contributed by atoms with van der Waals surface area (Å²) in [6, 6.07) is 10.2. The van der Waals surface area contributed by atoms with Crippen molar-refractivity contribution in [2.45, 2.75) is 19.4 Å². The van der Waals surface area contributed by atoms with E-state index >= 15 is 0 Å². The van der Waals surface area contributed by atoms with Crippen molar-refractivity contribution in [3.05, 3.63) is 59.2 Å². The number of aldehydes is 1. The number of halogens is 2. The number of benzene rings is 2. The highest BCUT2D eigenvalue weighted by Crippen LogP contribution is 2.24. The maximum Gasteiger partial charge on any atom is 0.155 e. The van der Waals surface area contributed by atoms with Crippen molar-refractivity contribution >= 4 is 6.29 Å². The van der Waals surface area contributed by atoms with Gasteiger partial charge in [-0.2, -0.15) is 0 Å². The van der Waals surface area contributed by atoms with Gasteiger partial charge >= 0.3 is 0 Å². The maximum absolute atomic E-state index is 13.8. The molecule has 0 bridgehead atoms. The Kier molecular flexibility index (Phi) is 6.12. The minimum absolute atomic E-state index is 0.207. The highest BCUT2D eigenvalue weighted by atomic mass is 19.1. The molecule has 1 heterocycles. The lowest BCUT2D eigenvalue weighted by atomic mass is 10.0. The predicted octanol–water partition coefficient (Wildman–Crippen LogP) is 3.97. The maximum atomic E-state index is 13.8. The van der Waals surface area contributed by atoms with Gasteiger partial charge in [0.1, 0.15) is 11.6 Å². The van der Waals surface area contributed by atoms with Crippen LogP contribution >= 0.6 is 0 Å². The van der Waals surface area contributed by atoms with Crippen molar-refractivity contribution in [3.63, 3.8) is 0 Å². The molecule has 1 fully saturated rings. The van der Waals surface area contributed by atoms with E-state index in [2.05, 4.69) is 16.8 Å². The Balaban J connectivity index is 1.71. The Hall–Kier alpha value is -2.11. The molecule has 0 spiro atoms. The third-order valence-corrected chi connectivity index (χ3v) is 4.95. The van der Waals surface area contributed by atoms with Gasteiger partial charge in [-0.05, 0) is 61.8 Å². The smallest absolute Gasteiger partial charge is 0.155 e. The number of hydrogen-bond acceptors (Lipinski definition) is 3. The molecule has 0 unspecified atom stereocenters. The summed E-state index contributed by atoms with van der Waals surface area (Å²) in [4.78, 5) is 15.5. The van der Waals surface area contributed by atoms with Crippen LogP contribution < -0.4 is 0 Å². The minimum Gasteiger partial charge on any atom is -0.305 e. The van der Waals surface area contributed by atoms with E-state index in [9.17, 15) is 13.6 Å². The van der Waals surface area contributed by atoms with Crippen LogP contribution in [0, 0.1) is 11.6 Å². The van der Waals surface area contributed by atoms with Crippen LogP contribution in [0.25, 0.3) is 11.1 Å². The third kappa shape index (κ3) is 4.54. The van der Waals surface area contributed by atoms with E-state index in [0.29, 0.717) is 5.56 Å². The molecule has 0 aliphatic carbocycles. The molecule has 1 aliphatic heterocycles. The van der Waals surface area contributed by atoms with Gasteiger partial charge in [-0.25, -0.2) is 8.78 Å². The average Bonchev–Trinajstić information content (AvgIpc) is 2.61. The summed E-state index contributed by atoms with van der Waals surface area (Å²) in [5.74, 6) is -1.66. The summed E-state index contributed by atoms with van der Waals surface area (Å²) in [5.41, 5.74) is 1.83. The zero-order chi connectivity index (χ0) is 18.5. The molecular formula is C21H24F2N2O. The van der Waals surface area contributed by atoms with Crippen LogP contribution in [-0.2, 0) is 6.54 Å². The normalized spacial score (nSPS) is 16.9. The van der Waals surface area contributed by atoms with Gasteiger partial charge in [-0.3, -0.25) is 9.69 Å². The molecule has 3 rings (SSSR count). The van der Waals surface area contributed by atoms with E-state index in [1.165, 1.54) is 37.1 Å². The molecular weight excluding hydrogens is 334 g/mol. The molecule has 3 nitrogen and oxygen atoms in total. The standard InChI is InChI=1S/C21H24F2N2O/c1-24-8-2-3-9-25(11-10-24)14-16-4-6-17(7-5-16)18-12-20(22)19(15-26)21(23)13-18/h4-7,12-13,15H,2-3,8-11,14H2,1H3. The Bertz CT molecular complexity index is 738. The Morgan fingerprint density at radius 1 is 0.923 bits per heavy atom. The van der Waals surface area contributed by atoms with E-state index < -0.39 is 17.2 Å². The van der Waals surface area contributed by atoms with Crippen molar-refractivity contribution in [2.75, 3.05) is 33.2 Å². The number of nitrogens with zero attached hydrogens (tertiary/aromatic N) is 2. The fourth-order valence-electron chi connectivity index (χ4n) is 3.34. The number of carbonyl (C=O) groups is 1. The lowest BCUT2D eigenvalue weighted by molar-refractivity contribution is 0.111. The van der Waals surface area contributed by atoms with Crippen molar-refractivity contribution < 1.29 is 13.6 Å². The van der Waals surface area contributed by atoms with E-state index in [0.717, 1.165) is 31.7 Å². The quantitative estimate of drug-likeness (QED) is 0.773. The van der Waals surface area contributed by atoms with Gasteiger partial charge in [0.05, 0.1) is 5.56 Å². The fourth-order valence-corrected chi connectivity index (χ4v) is 3.34. The molecule has 1 saturated heterocycles. The van der Waals surface area contributed by atoms with E-state index in [1.807, 2.05) is 24.3 Å². The fraction of sp³-hybridized carbons (Fsp3) is 0.381. The summed E-state index contributed by atoms with van der Waals surface area (Å²) < 4.78 is 27.6. The van der Waals surface area contributed by atoms with Crippen molar-refractivity contribution in [1.29, 1.82) is 0 Å². The van der Waals surface area contributed by atoms with Crippen LogP contribution in [0.5, 0.6) is 0 Å². The van der Waals surface area contributed by atoms with E-state index in [1.54, 1.807) is 0 Å². The van der Waals surface area contributed by atoms with Crippen LogP contribution in [0.3, 0.4) is 0 Å². The minimum atomic E-state index is -0.830. The molecule has 0 amide bonds. The number of likely N-dealkylation sites (N-methyl/N-ethyl adjacent to an activating group) is 1. The topological polar surface area (TPSA) is 23.6 Å². The lowest BCUT2D eigenvalue weighted by Crippen LogP contribution is -2.36. The third-order valence-electron chi connectivity index (χ3n) is 4.95. The summed E-state index contributed by atoms with van der Waals surface area (Å²) >= 11 is 0. The van der Waals surface area contributed by atoms with Crippen LogP contribution in [-0.4, -0.2) is 49.3 Å². The van der Waals surface area contributed by atoms with Crippen LogP contribution in [0.1, 0.15) is 28.8 Å². The molecule has 0 N–H and O–H groups in total. The first kappa shape index (κ1) is 18.7. The Morgan fingerprint density at radius 3 is 2.23 bits per heavy atom. The second-order valence-electron chi connectivity index (χ2n) is 6.95. The second kappa shape index (κ2) is 8.52. The van der Waals surface area contributed by atoms with Gasteiger partial charge in [-0.1, -0.05) is 24.3 Å². The average molecular weight is 358 g/mol. The van der Waals surface area contributed by atoms with Gasteiger partial charge in [0.25, 0.3) is 0 Å². The highest BCUT2D eigenvalue weighted by Gasteiger charge is 2.13. The predicted molar refractivity (Wildman–Crippen MR) is 99.2 cm³/mol.